The fourth-order valence-electron chi connectivity index (χ4n) is 4.36. The first-order valence-electron chi connectivity index (χ1n) is 11.0. The van der Waals surface area contributed by atoms with Crippen LogP contribution in [0.2, 0.25) is 0 Å². The number of carboxylic acids is 1. The van der Waals surface area contributed by atoms with Crippen molar-refractivity contribution in [3.8, 4) is 0 Å². The molecule has 2 aliphatic heterocycles. The molecular weight excluding hydrogens is 437 g/mol. The van der Waals surface area contributed by atoms with Gasteiger partial charge in [-0.25, -0.2) is 4.79 Å². The van der Waals surface area contributed by atoms with E-state index in [1.54, 1.807) is 0 Å². The number of benzene rings is 1. The second-order valence-corrected chi connectivity index (χ2v) is 8.84. The first-order chi connectivity index (χ1) is 15.6. The Morgan fingerprint density at radius 2 is 1.82 bits per heavy atom. The predicted molar refractivity (Wildman–Crippen MR) is 117 cm³/mol. The number of hydrogen-bond donors (Lipinski definition) is 1. The van der Waals surface area contributed by atoms with E-state index >= 15 is 0 Å². The van der Waals surface area contributed by atoms with Crippen LogP contribution in [0.3, 0.4) is 0 Å². The Morgan fingerprint density at radius 3 is 2.36 bits per heavy atom. The van der Waals surface area contributed by atoms with E-state index in [4.69, 9.17) is 19.1 Å². The highest BCUT2D eigenvalue weighted by Crippen LogP contribution is 2.38. The highest BCUT2D eigenvalue weighted by Gasteiger charge is 2.43. The minimum Gasteiger partial charge on any atom is -0.475 e. The fraction of sp³-hybridized carbons (Fsp3) is 0.542. The maximum absolute atomic E-state index is 10.6. The summed E-state index contributed by atoms with van der Waals surface area (Å²) < 4.78 is 43.8. The van der Waals surface area contributed by atoms with E-state index in [1.807, 2.05) is 13.0 Å². The number of furan rings is 1. The Hall–Kier alpha value is -2.36. The molecule has 0 aliphatic carbocycles. The maximum Gasteiger partial charge on any atom is 0.490 e. The molecule has 2 saturated heterocycles. The number of hydrogen-bond acceptors (Lipinski definition) is 5. The number of likely N-dealkylation sites (N-methyl/N-ethyl adjacent to an activating group) is 1. The second kappa shape index (κ2) is 10.7. The van der Waals surface area contributed by atoms with Gasteiger partial charge in [-0.05, 0) is 50.9 Å². The van der Waals surface area contributed by atoms with Crippen molar-refractivity contribution in [2.75, 3.05) is 26.7 Å². The number of aliphatic carboxylic acids is 1. The molecule has 0 bridgehead atoms. The van der Waals surface area contributed by atoms with Crippen molar-refractivity contribution < 1.29 is 32.2 Å². The molecule has 2 aliphatic rings. The standard InChI is InChI=1S/C22H30N2O2.C2HF3O2/c1-18-8-9-21(26-18)16-24-12-10-22(11-13-24)14-20(17-25-22)23(2)15-19-6-4-3-5-7-19;3-2(4,5)1(6)7/h3-9,20H,10-17H2,1-2H3;(H,6,7). The highest BCUT2D eigenvalue weighted by atomic mass is 19.4. The molecule has 1 atom stereocenters. The van der Waals surface area contributed by atoms with Crippen LogP contribution >= 0.6 is 0 Å². The number of nitrogens with zero attached hydrogens (tertiary/aromatic N) is 2. The number of alkyl halides is 3. The molecule has 2 fully saturated rings. The van der Waals surface area contributed by atoms with Crippen LogP contribution in [0.5, 0.6) is 0 Å². The van der Waals surface area contributed by atoms with Crippen LogP contribution in [-0.4, -0.2) is 65.4 Å². The largest absolute Gasteiger partial charge is 0.490 e. The summed E-state index contributed by atoms with van der Waals surface area (Å²) in [7, 11) is 2.23. The van der Waals surface area contributed by atoms with Crippen molar-refractivity contribution in [1.29, 1.82) is 0 Å². The highest BCUT2D eigenvalue weighted by molar-refractivity contribution is 5.73. The van der Waals surface area contributed by atoms with Gasteiger partial charge in [-0.3, -0.25) is 9.80 Å². The van der Waals surface area contributed by atoms with Gasteiger partial charge >= 0.3 is 12.1 Å². The molecule has 0 amide bonds. The monoisotopic (exact) mass is 468 g/mol. The number of rotatable bonds is 5. The van der Waals surface area contributed by atoms with Gasteiger partial charge in [0.15, 0.2) is 0 Å². The van der Waals surface area contributed by atoms with Gasteiger partial charge in [0.1, 0.15) is 11.5 Å². The third-order valence-electron chi connectivity index (χ3n) is 6.27. The Kier molecular flexibility index (Phi) is 8.20. The van der Waals surface area contributed by atoms with E-state index in [2.05, 4.69) is 53.2 Å². The first-order valence-corrected chi connectivity index (χ1v) is 11.0. The number of carbonyl (C=O) groups is 1. The van der Waals surface area contributed by atoms with Crippen molar-refractivity contribution in [2.45, 2.75) is 57.1 Å². The normalized spacial score (nSPS) is 20.6. The summed E-state index contributed by atoms with van der Waals surface area (Å²) in [6.07, 6.45) is -1.67. The van der Waals surface area contributed by atoms with Gasteiger partial charge in [-0.2, -0.15) is 13.2 Å². The molecule has 2 aromatic rings. The molecular formula is C24H31F3N2O4. The molecule has 3 heterocycles. The zero-order valence-electron chi connectivity index (χ0n) is 19.0. The minimum absolute atomic E-state index is 0.0885. The summed E-state index contributed by atoms with van der Waals surface area (Å²) in [6.45, 7) is 6.97. The van der Waals surface area contributed by atoms with Crippen molar-refractivity contribution >= 4 is 5.97 Å². The van der Waals surface area contributed by atoms with E-state index in [-0.39, 0.29) is 5.60 Å². The van der Waals surface area contributed by atoms with Crippen LogP contribution in [0.1, 0.15) is 36.3 Å². The van der Waals surface area contributed by atoms with Crippen LogP contribution in [0.4, 0.5) is 13.2 Å². The molecule has 1 aromatic carbocycles. The van der Waals surface area contributed by atoms with Gasteiger partial charge in [0.2, 0.25) is 0 Å². The number of aryl methyl sites for hydroxylation is 1. The lowest BCUT2D eigenvalue weighted by Gasteiger charge is -2.38. The molecule has 1 spiro atoms. The van der Waals surface area contributed by atoms with E-state index in [9.17, 15) is 13.2 Å². The molecule has 9 heteroatoms. The summed E-state index contributed by atoms with van der Waals surface area (Å²) in [5, 5.41) is 7.12. The summed E-state index contributed by atoms with van der Waals surface area (Å²) in [6, 6.07) is 15.4. The minimum atomic E-state index is -5.08. The second-order valence-electron chi connectivity index (χ2n) is 8.84. The van der Waals surface area contributed by atoms with Crippen LogP contribution < -0.4 is 0 Å². The Morgan fingerprint density at radius 1 is 1.18 bits per heavy atom. The zero-order valence-corrected chi connectivity index (χ0v) is 19.0. The van der Waals surface area contributed by atoms with Gasteiger partial charge in [0, 0.05) is 25.7 Å². The SMILES string of the molecule is Cc1ccc(CN2CCC3(CC2)CC(N(C)Cc2ccccc2)CO3)o1.O=C(O)C(F)(F)F. The number of likely N-dealkylation sites (tertiary alicyclic amines) is 1. The summed E-state index contributed by atoms with van der Waals surface area (Å²) in [5.41, 5.74) is 1.46. The van der Waals surface area contributed by atoms with Crippen molar-refractivity contribution in [1.82, 2.24) is 9.80 Å². The summed E-state index contributed by atoms with van der Waals surface area (Å²) in [5.74, 6) is -0.685. The van der Waals surface area contributed by atoms with Gasteiger partial charge < -0.3 is 14.3 Å². The van der Waals surface area contributed by atoms with Crippen LogP contribution in [0.15, 0.2) is 46.9 Å². The van der Waals surface area contributed by atoms with Gasteiger partial charge in [0.05, 0.1) is 18.8 Å². The van der Waals surface area contributed by atoms with Gasteiger partial charge in [-0.1, -0.05) is 30.3 Å². The molecule has 6 nitrogen and oxygen atoms in total. The van der Waals surface area contributed by atoms with Crippen LogP contribution in [0.25, 0.3) is 0 Å². The molecule has 1 aromatic heterocycles. The molecule has 4 rings (SSSR count). The fourth-order valence-corrected chi connectivity index (χ4v) is 4.36. The Labute approximate surface area is 191 Å². The molecule has 0 radical (unpaired) electrons. The maximum atomic E-state index is 10.6. The van der Waals surface area contributed by atoms with E-state index < -0.39 is 12.1 Å². The third-order valence-corrected chi connectivity index (χ3v) is 6.27. The lowest BCUT2D eigenvalue weighted by Crippen LogP contribution is -2.44. The average Bonchev–Trinajstić information content (AvgIpc) is 3.37. The smallest absolute Gasteiger partial charge is 0.475 e. The number of carboxylic acid groups (broad SMARTS) is 1. The summed E-state index contributed by atoms with van der Waals surface area (Å²) >= 11 is 0. The van der Waals surface area contributed by atoms with Gasteiger partial charge in [0.25, 0.3) is 0 Å². The Balaban J connectivity index is 0.000000383. The first kappa shape index (κ1) is 25.3. The van der Waals surface area contributed by atoms with Crippen molar-refractivity contribution in [2.24, 2.45) is 0 Å². The lowest BCUT2D eigenvalue weighted by molar-refractivity contribution is -0.192. The quantitative estimate of drug-likeness (QED) is 0.698. The number of piperidine rings is 1. The number of ether oxygens (including phenoxy) is 1. The van der Waals surface area contributed by atoms with E-state index in [1.165, 1.54) is 5.56 Å². The predicted octanol–water partition coefficient (Wildman–Crippen LogP) is 4.48. The van der Waals surface area contributed by atoms with Gasteiger partial charge in [-0.15, -0.1) is 0 Å². The van der Waals surface area contributed by atoms with Crippen LogP contribution in [0, 0.1) is 6.92 Å². The third kappa shape index (κ3) is 7.31. The zero-order chi connectivity index (χ0) is 24.1. The molecule has 1 N–H and O–H groups in total. The molecule has 1 unspecified atom stereocenters. The molecule has 0 saturated carbocycles. The van der Waals surface area contributed by atoms with Crippen molar-refractivity contribution in [3.05, 3.63) is 59.5 Å². The van der Waals surface area contributed by atoms with E-state index in [0.717, 1.165) is 63.6 Å². The van der Waals surface area contributed by atoms with E-state index in [0.29, 0.717) is 6.04 Å². The van der Waals surface area contributed by atoms with Crippen LogP contribution in [-0.2, 0) is 22.6 Å². The summed E-state index contributed by atoms with van der Waals surface area (Å²) in [4.78, 5) is 13.9. The average molecular weight is 469 g/mol. The Bertz CT molecular complexity index is 893. The van der Waals surface area contributed by atoms with Crippen molar-refractivity contribution in [3.63, 3.8) is 0 Å². The lowest BCUT2D eigenvalue weighted by atomic mass is 9.87. The topological polar surface area (TPSA) is 66.2 Å². The molecule has 182 valence electrons. The molecule has 33 heavy (non-hydrogen) atoms. The number of halogens is 3.